The van der Waals surface area contributed by atoms with Crippen LogP contribution in [0.5, 0.6) is 5.75 Å². The molecule has 13 heteroatoms. The summed E-state index contributed by atoms with van der Waals surface area (Å²) in [6, 6.07) is 17.1. The third-order valence-corrected chi connectivity index (χ3v) is 7.94. The highest BCUT2D eigenvalue weighted by molar-refractivity contribution is 6.01. The molecule has 0 aliphatic carbocycles. The number of piperazine rings is 1. The van der Waals surface area contributed by atoms with Crippen molar-refractivity contribution in [1.82, 2.24) is 30.0 Å². The molecule has 2 aromatic carbocycles. The van der Waals surface area contributed by atoms with Gasteiger partial charge in [0.05, 0.1) is 35.5 Å². The maximum atomic E-state index is 13.8. The number of nitrogen functional groups attached to an aromatic ring is 1. The van der Waals surface area contributed by atoms with Crippen LogP contribution in [-0.4, -0.2) is 75.5 Å². The maximum absolute atomic E-state index is 13.8. The fourth-order valence-electron chi connectivity index (χ4n) is 5.54. The van der Waals surface area contributed by atoms with Gasteiger partial charge >= 0.3 is 6.09 Å². The van der Waals surface area contributed by atoms with Gasteiger partial charge in [-0.3, -0.25) is 4.79 Å². The summed E-state index contributed by atoms with van der Waals surface area (Å²) in [6.45, 7) is 8.18. The van der Waals surface area contributed by atoms with Crippen LogP contribution in [0.2, 0.25) is 0 Å². The van der Waals surface area contributed by atoms with Crippen molar-refractivity contribution in [2.24, 2.45) is 0 Å². The first-order chi connectivity index (χ1) is 23.0. The molecule has 5 aromatic rings. The summed E-state index contributed by atoms with van der Waals surface area (Å²) in [5.74, 6) is 0.482. The fourth-order valence-corrected chi connectivity index (χ4v) is 5.54. The average molecular weight is 653 g/mol. The first kappa shape index (κ1) is 32.2. The van der Waals surface area contributed by atoms with E-state index in [0.29, 0.717) is 48.8 Å². The van der Waals surface area contributed by atoms with Crippen LogP contribution in [0.1, 0.15) is 36.7 Å². The first-order valence-corrected chi connectivity index (χ1v) is 15.5. The molecular formula is C35H37FN8O4. The Balaban J connectivity index is 1.17. The van der Waals surface area contributed by atoms with Crippen molar-refractivity contribution in [2.75, 3.05) is 43.9 Å². The molecule has 1 saturated heterocycles. The van der Waals surface area contributed by atoms with Gasteiger partial charge in [0, 0.05) is 44.5 Å². The number of rotatable bonds is 7. The highest BCUT2D eigenvalue weighted by Crippen LogP contribution is 2.33. The maximum Gasteiger partial charge on any atom is 0.410 e. The number of carbonyl (C=O) groups is 2. The second-order valence-electron chi connectivity index (χ2n) is 12.4. The Bertz CT molecular complexity index is 1950. The van der Waals surface area contributed by atoms with Gasteiger partial charge in [-0.25, -0.2) is 23.8 Å². The number of methoxy groups -OCH3 is 1. The fraction of sp³-hybridized carbons (Fsp3) is 0.286. The van der Waals surface area contributed by atoms with Gasteiger partial charge in [0.15, 0.2) is 0 Å². The van der Waals surface area contributed by atoms with Crippen LogP contribution < -0.4 is 20.7 Å². The summed E-state index contributed by atoms with van der Waals surface area (Å²) in [4.78, 5) is 38.1. The number of nitrogens with two attached hydrogens (primary N) is 1. The van der Waals surface area contributed by atoms with E-state index in [1.54, 1.807) is 22.0 Å². The lowest BCUT2D eigenvalue weighted by molar-refractivity contribution is 0.0240. The van der Waals surface area contributed by atoms with Crippen molar-refractivity contribution in [2.45, 2.75) is 32.9 Å². The van der Waals surface area contributed by atoms with Crippen molar-refractivity contribution in [3.8, 4) is 22.7 Å². The SMILES string of the molecule is COc1ccc(F)cc1C(=O)NCc1ccc(-c2nn(-c3ccc(N4CCN(C(=O)OC(C)(C)C)CC4)nc3)c3ccnc(N)c23)cc1. The predicted octanol–water partition coefficient (Wildman–Crippen LogP) is 5.20. The molecule has 0 atom stereocenters. The van der Waals surface area contributed by atoms with E-state index in [4.69, 9.17) is 25.3 Å². The van der Waals surface area contributed by atoms with Gasteiger partial charge in [0.1, 0.15) is 34.5 Å². The number of amides is 2. The van der Waals surface area contributed by atoms with Gasteiger partial charge in [-0.15, -0.1) is 0 Å². The molecule has 48 heavy (non-hydrogen) atoms. The van der Waals surface area contributed by atoms with Crippen molar-refractivity contribution in [3.05, 3.63) is 90.0 Å². The number of anilines is 2. The highest BCUT2D eigenvalue weighted by atomic mass is 19.1. The van der Waals surface area contributed by atoms with Gasteiger partial charge in [-0.1, -0.05) is 24.3 Å². The Morgan fingerprint density at radius 2 is 1.73 bits per heavy atom. The van der Waals surface area contributed by atoms with Crippen LogP contribution in [0, 0.1) is 5.82 Å². The largest absolute Gasteiger partial charge is 0.496 e. The summed E-state index contributed by atoms with van der Waals surface area (Å²) >= 11 is 0. The summed E-state index contributed by atoms with van der Waals surface area (Å²) in [5.41, 5.74) is 9.78. The molecule has 4 heterocycles. The molecule has 0 saturated carbocycles. The first-order valence-electron chi connectivity index (χ1n) is 15.5. The molecule has 0 radical (unpaired) electrons. The van der Waals surface area contributed by atoms with Gasteiger partial charge in [0.2, 0.25) is 0 Å². The lowest BCUT2D eigenvalue weighted by Gasteiger charge is -2.36. The Labute approximate surface area is 277 Å². The molecule has 1 aliphatic heterocycles. The van der Waals surface area contributed by atoms with Crippen LogP contribution in [0.3, 0.4) is 0 Å². The van der Waals surface area contributed by atoms with E-state index >= 15 is 0 Å². The minimum Gasteiger partial charge on any atom is -0.496 e. The van der Waals surface area contributed by atoms with E-state index < -0.39 is 17.3 Å². The summed E-state index contributed by atoms with van der Waals surface area (Å²) in [7, 11) is 1.43. The van der Waals surface area contributed by atoms with E-state index in [1.165, 1.54) is 19.2 Å². The third-order valence-electron chi connectivity index (χ3n) is 7.94. The number of fused-ring (bicyclic) bond motifs is 1. The van der Waals surface area contributed by atoms with Crippen LogP contribution in [0.4, 0.5) is 20.8 Å². The summed E-state index contributed by atoms with van der Waals surface area (Å²) < 4.78 is 26.3. The van der Waals surface area contributed by atoms with Crippen molar-refractivity contribution < 1.29 is 23.5 Å². The number of pyridine rings is 2. The minimum absolute atomic E-state index is 0.123. The molecular weight excluding hydrogens is 615 g/mol. The molecule has 2 amide bonds. The molecule has 6 rings (SSSR count). The second-order valence-corrected chi connectivity index (χ2v) is 12.4. The number of benzene rings is 2. The second kappa shape index (κ2) is 13.2. The monoisotopic (exact) mass is 652 g/mol. The number of hydrogen-bond donors (Lipinski definition) is 2. The Hall–Kier alpha value is -5.72. The van der Waals surface area contributed by atoms with Crippen molar-refractivity contribution in [3.63, 3.8) is 0 Å². The van der Waals surface area contributed by atoms with Crippen LogP contribution >= 0.6 is 0 Å². The molecule has 1 fully saturated rings. The number of nitrogens with one attached hydrogen (secondary N) is 1. The zero-order valence-electron chi connectivity index (χ0n) is 27.2. The van der Waals surface area contributed by atoms with E-state index in [9.17, 15) is 14.0 Å². The van der Waals surface area contributed by atoms with Crippen LogP contribution in [0.15, 0.2) is 73.1 Å². The lowest BCUT2D eigenvalue weighted by atomic mass is 10.1. The number of hydrogen-bond acceptors (Lipinski definition) is 9. The van der Waals surface area contributed by atoms with Crippen molar-refractivity contribution in [1.29, 1.82) is 0 Å². The molecule has 0 spiro atoms. The molecule has 1 aliphatic rings. The lowest BCUT2D eigenvalue weighted by Crippen LogP contribution is -2.50. The number of carbonyl (C=O) groups excluding carboxylic acids is 2. The van der Waals surface area contributed by atoms with E-state index in [1.807, 2.05) is 63.2 Å². The third kappa shape index (κ3) is 6.85. The number of nitrogens with zero attached hydrogens (tertiary/aromatic N) is 6. The highest BCUT2D eigenvalue weighted by Gasteiger charge is 2.26. The number of halogens is 1. The molecule has 0 unspecified atom stereocenters. The average Bonchev–Trinajstić information content (AvgIpc) is 3.48. The summed E-state index contributed by atoms with van der Waals surface area (Å²) in [6.07, 6.45) is 3.11. The number of aromatic nitrogens is 4. The van der Waals surface area contributed by atoms with Gasteiger partial charge in [0.25, 0.3) is 5.91 Å². The van der Waals surface area contributed by atoms with E-state index in [2.05, 4.69) is 15.2 Å². The van der Waals surface area contributed by atoms with Crippen molar-refractivity contribution >= 4 is 34.5 Å². The van der Waals surface area contributed by atoms with E-state index in [-0.39, 0.29) is 18.2 Å². The topological polar surface area (TPSA) is 141 Å². The standard InChI is InChI=1S/C35H37FN8O4/c1-35(2,3)48-34(46)43-17-15-42(16-18-43)29-12-10-25(21-39-29)44-27-13-14-38-32(37)30(27)31(41-44)23-7-5-22(6-8-23)20-40-33(45)26-19-24(36)9-11-28(26)47-4/h5-14,19,21H,15-18,20H2,1-4H3,(H2,37,38)(H,40,45). The van der Waals surface area contributed by atoms with Gasteiger partial charge < -0.3 is 30.3 Å². The Morgan fingerprint density at radius 1 is 0.979 bits per heavy atom. The smallest absolute Gasteiger partial charge is 0.410 e. The zero-order valence-corrected chi connectivity index (χ0v) is 27.2. The molecule has 3 aromatic heterocycles. The van der Waals surface area contributed by atoms with E-state index in [0.717, 1.165) is 34.2 Å². The van der Waals surface area contributed by atoms with Gasteiger partial charge in [-0.2, -0.15) is 5.10 Å². The molecule has 3 N–H and O–H groups in total. The quantitative estimate of drug-likeness (QED) is 0.243. The molecule has 248 valence electrons. The normalized spacial score (nSPS) is 13.4. The zero-order chi connectivity index (χ0) is 34.0. The van der Waals surface area contributed by atoms with Crippen LogP contribution in [0.25, 0.3) is 27.8 Å². The number of ether oxygens (including phenoxy) is 2. The molecule has 12 nitrogen and oxygen atoms in total. The van der Waals surface area contributed by atoms with Crippen LogP contribution in [-0.2, 0) is 11.3 Å². The van der Waals surface area contributed by atoms with Gasteiger partial charge in [-0.05, 0) is 62.7 Å². The predicted molar refractivity (Wildman–Crippen MR) is 181 cm³/mol. The Kier molecular flexibility index (Phi) is 8.85. The molecule has 0 bridgehead atoms. The Morgan fingerprint density at radius 3 is 2.40 bits per heavy atom. The minimum atomic E-state index is -0.534. The summed E-state index contributed by atoms with van der Waals surface area (Å²) in [5, 5.41) is 8.45.